The molecule has 6 atom stereocenters. The molecule has 0 aromatic heterocycles. The van der Waals surface area contributed by atoms with Gasteiger partial charge in [-0.2, -0.15) is 0 Å². The fraction of sp³-hybridized carbons (Fsp3) is 0.829. The van der Waals surface area contributed by atoms with Crippen molar-refractivity contribution in [1.29, 1.82) is 0 Å². The van der Waals surface area contributed by atoms with Gasteiger partial charge in [-0.3, -0.25) is 13.8 Å². The normalized spacial score (nSPS) is 23.8. The molecule has 54 heavy (non-hydrogen) atoms. The van der Waals surface area contributed by atoms with Gasteiger partial charge in [-0.15, -0.1) is 0 Å². The summed E-state index contributed by atoms with van der Waals surface area (Å²) in [6.07, 6.45) is 23.7. The minimum absolute atomic E-state index is 0.0873. The first-order chi connectivity index (χ1) is 26.0. The number of phosphoric acid groups is 1. The Labute approximate surface area is 325 Å². The molecule has 0 spiro atoms. The van der Waals surface area contributed by atoms with Gasteiger partial charge >= 0.3 is 13.8 Å². The third-order valence-corrected chi connectivity index (χ3v) is 10.5. The van der Waals surface area contributed by atoms with Crippen molar-refractivity contribution in [2.75, 3.05) is 19.8 Å². The van der Waals surface area contributed by atoms with Crippen LogP contribution in [-0.2, 0) is 27.9 Å². The number of esters is 1. The van der Waals surface area contributed by atoms with Crippen LogP contribution in [0.2, 0.25) is 0 Å². The lowest BCUT2D eigenvalue weighted by Crippen LogP contribution is -2.64. The van der Waals surface area contributed by atoms with Gasteiger partial charge in [0.1, 0.15) is 42.7 Å². The number of rotatable bonds is 34. The van der Waals surface area contributed by atoms with Crippen LogP contribution in [0.15, 0.2) is 36.5 Å². The van der Waals surface area contributed by atoms with Gasteiger partial charge in [0.15, 0.2) is 0 Å². The van der Waals surface area contributed by atoms with Gasteiger partial charge in [-0.05, 0) is 64.2 Å². The van der Waals surface area contributed by atoms with Gasteiger partial charge < -0.3 is 39.9 Å². The average molecular weight is 791 g/mol. The van der Waals surface area contributed by atoms with E-state index in [0.717, 1.165) is 89.9 Å². The second-order valence-corrected chi connectivity index (χ2v) is 15.9. The summed E-state index contributed by atoms with van der Waals surface area (Å²) < 4.78 is 34.0. The van der Waals surface area contributed by atoms with E-state index >= 15 is 0 Å². The van der Waals surface area contributed by atoms with Gasteiger partial charge in [0.2, 0.25) is 0 Å². The highest BCUT2D eigenvalue weighted by Crippen LogP contribution is 2.47. The number of aliphatic hydroxyl groups excluding tert-OH is 5. The van der Waals surface area contributed by atoms with Crippen molar-refractivity contribution in [3.05, 3.63) is 36.5 Å². The van der Waals surface area contributed by atoms with Gasteiger partial charge in [0, 0.05) is 13.0 Å². The molecule has 1 rings (SSSR count). The van der Waals surface area contributed by atoms with Crippen LogP contribution in [0.25, 0.3) is 0 Å². The van der Waals surface area contributed by atoms with E-state index in [0.29, 0.717) is 13.0 Å². The second kappa shape index (κ2) is 32.6. The van der Waals surface area contributed by atoms with E-state index < -0.39 is 63.1 Å². The number of hydrogen-bond acceptors (Lipinski definition) is 11. The van der Waals surface area contributed by atoms with E-state index in [-0.39, 0.29) is 13.0 Å². The Morgan fingerprint density at radius 1 is 0.593 bits per heavy atom. The molecule has 13 heteroatoms. The standard InChI is InChI=1S/C41H75O12P/c1-3-5-7-9-11-13-15-16-17-18-19-20-21-23-25-27-29-31-50-32-34(52-35(42)30-28-26-24-22-14-12-10-8-6-4-2)33-51-54(48,49)53-41-39(46)37(44)36(43)38(45)40(41)47/h8,10,13,15,17-18,34,36-41,43-47H,3-7,9,11-12,14,16,19-33H2,1-2H3,(H,48,49)/b10-8-,15-13-,18-17-. The Morgan fingerprint density at radius 3 is 1.65 bits per heavy atom. The number of carbonyl (C=O) groups is 1. The molecular formula is C41H75O12P. The third kappa shape index (κ3) is 24.9. The van der Waals surface area contributed by atoms with Crippen LogP contribution in [0.5, 0.6) is 0 Å². The Morgan fingerprint density at radius 2 is 1.07 bits per heavy atom. The number of carbonyl (C=O) groups excluding carboxylic acids is 1. The average Bonchev–Trinajstić information content (AvgIpc) is 3.15. The Kier molecular flexibility index (Phi) is 30.6. The maximum Gasteiger partial charge on any atom is 0.472 e. The van der Waals surface area contributed by atoms with Crippen molar-refractivity contribution in [2.24, 2.45) is 0 Å². The fourth-order valence-corrected chi connectivity index (χ4v) is 7.06. The molecule has 0 amide bonds. The maximum atomic E-state index is 12.8. The molecule has 0 saturated heterocycles. The molecule has 1 saturated carbocycles. The highest BCUT2D eigenvalue weighted by atomic mass is 31.2. The minimum Gasteiger partial charge on any atom is -0.457 e. The zero-order valence-corrected chi connectivity index (χ0v) is 34.2. The molecule has 0 aromatic carbocycles. The first-order valence-corrected chi connectivity index (χ1v) is 22.3. The molecular weight excluding hydrogens is 715 g/mol. The second-order valence-electron chi connectivity index (χ2n) is 14.5. The van der Waals surface area contributed by atoms with E-state index in [1.807, 2.05) is 0 Å². The van der Waals surface area contributed by atoms with Crippen molar-refractivity contribution >= 4 is 13.8 Å². The number of allylic oxidation sites excluding steroid dienone is 6. The maximum absolute atomic E-state index is 12.8. The summed E-state index contributed by atoms with van der Waals surface area (Å²) in [5, 5.41) is 50.0. The Balaban J connectivity index is 2.43. The van der Waals surface area contributed by atoms with E-state index in [1.165, 1.54) is 38.5 Å². The predicted molar refractivity (Wildman–Crippen MR) is 212 cm³/mol. The summed E-state index contributed by atoms with van der Waals surface area (Å²) >= 11 is 0. The lowest BCUT2D eigenvalue weighted by molar-refractivity contribution is -0.220. The molecule has 316 valence electrons. The molecule has 0 radical (unpaired) electrons. The summed E-state index contributed by atoms with van der Waals surface area (Å²) in [4.78, 5) is 23.0. The zero-order valence-electron chi connectivity index (χ0n) is 33.3. The molecule has 0 aromatic rings. The monoisotopic (exact) mass is 790 g/mol. The van der Waals surface area contributed by atoms with Gasteiger partial charge in [0.25, 0.3) is 0 Å². The molecule has 0 heterocycles. The first kappa shape index (κ1) is 50.6. The van der Waals surface area contributed by atoms with Crippen LogP contribution < -0.4 is 0 Å². The summed E-state index contributed by atoms with van der Waals surface area (Å²) in [7, 11) is -5.01. The summed E-state index contributed by atoms with van der Waals surface area (Å²) in [5.74, 6) is -0.495. The van der Waals surface area contributed by atoms with Crippen molar-refractivity contribution in [2.45, 2.75) is 198 Å². The number of hydrogen-bond donors (Lipinski definition) is 6. The topological polar surface area (TPSA) is 192 Å². The van der Waals surface area contributed by atoms with Crippen LogP contribution in [0.4, 0.5) is 0 Å². The molecule has 0 bridgehead atoms. The molecule has 1 aliphatic rings. The van der Waals surface area contributed by atoms with Gasteiger partial charge in [-0.1, -0.05) is 121 Å². The highest BCUT2D eigenvalue weighted by Gasteiger charge is 2.51. The smallest absolute Gasteiger partial charge is 0.457 e. The fourth-order valence-electron chi connectivity index (χ4n) is 6.09. The first-order valence-electron chi connectivity index (χ1n) is 20.8. The number of aliphatic hydroxyl groups is 5. The molecule has 6 unspecified atom stereocenters. The van der Waals surface area contributed by atoms with E-state index in [4.69, 9.17) is 18.5 Å². The largest absolute Gasteiger partial charge is 0.472 e. The van der Waals surface area contributed by atoms with E-state index in [9.17, 15) is 39.8 Å². The molecule has 0 aliphatic heterocycles. The van der Waals surface area contributed by atoms with Crippen LogP contribution in [0.1, 0.15) is 155 Å². The van der Waals surface area contributed by atoms with Crippen LogP contribution >= 0.6 is 7.82 Å². The van der Waals surface area contributed by atoms with E-state index in [1.54, 1.807) is 0 Å². The summed E-state index contributed by atoms with van der Waals surface area (Å²) in [5.41, 5.74) is 0. The number of unbranched alkanes of at least 4 members (excludes halogenated alkanes) is 16. The zero-order chi connectivity index (χ0) is 39.9. The summed E-state index contributed by atoms with van der Waals surface area (Å²) in [6.45, 7) is 4.12. The van der Waals surface area contributed by atoms with Crippen molar-refractivity contribution < 1.29 is 58.3 Å². The van der Waals surface area contributed by atoms with Gasteiger partial charge in [0.05, 0.1) is 13.2 Å². The van der Waals surface area contributed by atoms with Crippen LogP contribution in [0.3, 0.4) is 0 Å². The van der Waals surface area contributed by atoms with E-state index in [2.05, 4.69) is 50.3 Å². The summed E-state index contributed by atoms with van der Waals surface area (Å²) in [6, 6.07) is 0. The highest BCUT2D eigenvalue weighted by molar-refractivity contribution is 7.47. The molecule has 1 fully saturated rings. The van der Waals surface area contributed by atoms with Gasteiger partial charge in [-0.25, -0.2) is 4.57 Å². The Bertz CT molecular complexity index is 1040. The molecule has 12 nitrogen and oxygen atoms in total. The van der Waals surface area contributed by atoms with Crippen LogP contribution in [0, 0.1) is 0 Å². The van der Waals surface area contributed by atoms with Crippen LogP contribution in [-0.4, -0.2) is 98.9 Å². The Hall–Kier alpha value is -1.44. The van der Waals surface area contributed by atoms with Crippen molar-refractivity contribution in [3.63, 3.8) is 0 Å². The van der Waals surface area contributed by atoms with Crippen molar-refractivity contribution in [3.8, 4) is 0 Å². The molecule has 6 N–H and O–H groups in total. The number of phosphoric ester groups is 1. The lowest BCUT2D eigenvalue weighted by atomic mass is 9.85. The lowest BCUT2D eigenvalue weighted by Gasteiger charge is -2.41. The number of ether oxygens (including phenoxy) is 2. The third-order valence-electron chi connectivity index (χ3n) is 9.47. The quantitative estimate of drug-likeness (QED) is 0.0163. The predicted octanol–water partition coefficient (Wildman–Crippen LogP) is 7.53. The molecule has 1 aliphatic carbocycles. The minimum atomic E-state index is -5.01. The van der Waals surface area contributed by atoms with Crippen molar-refractivity contribution in [1.82, 2.24) is 0 Å². The SMILES string of the molecule is CCC/C=C\CCCCCCCC(=O)OC(COCCCCCCCC/C=C\C/C=C\CCCCCC)COP(=O)(O)OC1C(O)C(O)C(O)C(O)C1O.